The maximum Gasteiger partial charge on any atom is 0.349 e. The van der Waals surface area contributed by atoms with Gasteiger partial charge in [0.2, 0.25) is 10.0 Å². The van der Waals surface area contributed by atoms with Gasteiger partial charge in [-0.25, -0.2) is 13.2 Å². The van der Waals surface area contributed by atoms with Gasteiger partial charge in [-0.1, -0.05) is 6.92 Å². The molecule has 1 fully saturated rings. The lowest BCUT2D eigenvalue weighted by Crippen LogP contribution is -2.40. The first kappa shape index (κ1) is 15.4. The van der Waals surface area contributed by atoms with Crippen molar-refractivity contribution in [3.63, 3.8) is 0 Å². The van der Waals surface area contributed by atoms with Gasteiger partial charge in [-0.2, -0.15) is 4.31 Å². The van der Waals surface area contributed by atoms with Crippen LogP contribution in [0.4, 0.5) is 0 Å². The topological polar surface area (TPSA) is 83.9 Å². The van der Waals surface area contributed by atoms with Crippen molar-refractivity contribution < 1.29 is 23.1 Å². The Morgan fingerprint density at radius 1 is 1.60 bits per heavy atom. The Hall–Kier alpha value is -0.960. The Bertz CT molecular complexity index is 595. The number of esters is 1. The molecule has 112 valence electrons. The lowest BCUT2D eigenvalue weighted by atomic mass is 10.0. The average molecular weight is 319 g/mol. The summed E-state index contributed by atoms with van der Waals surface area (Å²) in [6.45, 7) is 2.04. The molecule has 0 spiro atoms. The van der Waals surface area contributed by atoms with E-state index in [1.165, 1.54) is 17.5 Å². The number of rotatable bonds is 4. The van der Waals surface area contributed by atoms with Gasteiger partial charge in [0.25, 0.3) is 0 Å². The fourth-order valence-corrected chi connectivity index (χ4v) is 5.45. The Balaban J connectivity index is 2.41. The second-order valence-corrected chi connectivity index (χ2v) is 7.51. The lowest BCUT2D eigenvalue weighted by molar-refractivity contribution is 0.0602. The Morgan fingerprint density at radius 3 is 2.90 bits per heavy atom. The molecule has 1 aliphatic rings. The summed E-state index contributed by atoms with van der Waals surface area (Å²) in [5.74, 6) is -0.568. The molecule has 0 bridgehead atoms. The fraction of sp³-hybridized carbons (Fsp3) is 0.583. The fourth-order valence-electron chi connectivity index (χ4n) is 2.41. The number of aliphatic hydroxyl groups excluding tert-OH is 1. The van der Waals surface area contributed by atoms with Crippen LogP contribution in [0, 0.1) is 5.92 Å². The van der Waals surface area contributed by atoms with Crippen molar-refractivity contribution in [3.05, 3.63) is 16.3 Å². The van der Waals surface area contributed by atoms with Gasteiger partial charge in [0.05, 0.1) is 19.8 Å². The number of sulfonamides is 1. The highest BCUT2D eigenvalue weighted by Gasteiger charge is 2.41. The van der Waals surface area contributed by atoms with Crippen LogP contribution in [0.15, 0.2) is 16.3 Å². The highest BCUT2D eigenvalue weighted by Crippen LogP contribution is 2.33. The number of nitrogens with zero attached hydrogens (tertiary/aromatic N) is 1. The highest BCUT2D eigenvalue weighted by atomic mass is 32.2. The maximum atomic E-state index is 12.7. The highest BCUT2D eigenvalue weighted by molar-refractivity contribution is 7.89. The molecule has 0 saturated carbocycles. The van der Waals surface area contributed by atoms with Crippen LogP contribution in [-0.4, -0.2) is 50.1 Å². The summed E-state index contributed by atoms with van der Waals surface area (Å²) in [5, 5.41) is 10.9. The molecule has 2 rings (SSSR count). The van der Waals surface area contributed by atoms with Gasteiger partial charge in [-0.05, 0) is 23.8 Å². The molecule has 0 radical (unpaired) electrons. The van der Waals surface area contributed by atoms with Crippen molar-refractivity contribution in [1.82, 2.24) is 4.31 Å². The van der Waals surface area contributed by atoms with E-state index in [9.17, 15) is 18.3 Å². The quantitative estimate of drug-likeness (QED) is 0.835. The van der Waals surface area contributed by atoms with Crippen LogP contribution in [0.25, 0.3) is 0 Å². The molecule has 1 aromatic rings. The smallest absolute Gasteiger partial charge is 0.349 e. The third-order valence-corrected chi connectivity index (χ3v) is 6.60. The second-order valence-electron chi connectivity index (χ2n) is 4.74. The van der Waals surface area contributed by atoms with E-state index in [4.69, 9.17) is 0 Å². The van der Waals surface area contributed by atoms with Crippen molar-refractivity contribution in [2.75, 3.05) is 20.3 Å². The van der Waals surface area contributed by atoms with E-state index < -0.39 is 22.0 Å². The molecule has 1 aliphatic heterocycles. The summed E-state index contributed by atoms with van der Waals surface area (Å²) in [7, 11) is -2.58. The van der Waals surface area contributed by atoms with Gasteiger partial charge in [0.15, 0.2) is 0 Å². The van der Waals surface area contributed by atoms with Gasteiger partial charge in [-0.15, -0.1) is 11.3 Å². The van der Waals surface area contributed by atoms with Gasteiger partial charge < -0.3 is 9.84 Å². The molecule has 20 heavy (non-hydrogen) atoms. The summed E-state index contributed by atoms with van der Waals surface area (Å²) >= 11 is 1.03. The number of carbonyl (C=O) groups is 1. The third kappa shape index (κ3) is 2.48. The minimum absolute atomic E-state index is 0.0399. The summed E-state index contributed by atoms with van der Waals surface area (Å²) in [4.78, 5) is 11.7. The van der Waals surface area contributed by atoms with E-state index in [1.807, 2.05) is 6.92 Å². The third-order valence-electron chi connectivity index (χ3n) is 3.61. The number of carbonyl (C=O) groups excluding carboxylic acids is 1. The Morgan fingerprint density at radius 2 is 2.30 bits per heavy atom. The predicted molar refractivity (Wildman–Crippen MR) is 74.2 cm³/mol. The van der Waals surface area contributed by atoms with Crippen LogP contribution in [0.2, 0.25) is 0 Å². The molecule has 8 heteroatoms. The van der Waals surface area contributed by atoms with E-state index >= 15 is 0 Å². The van der Waals surface area contributed by atoms with Crippen LogP contribution in [0.5, 0.6) is 0 Å². The largest absolute Gasteiger partial charge is 0.465 e. The molecule has 0 aliphatic carbocycles. The summed E-state index contributed by atoms with van der Waals surface area (Å²) in [6, 6.07) is 0.967. The SMILES string of the molecule is COC(=O)c1sccc1S(=O)(=O)N1CCC(C)C1CO. The van der Waals surface area contributed by atoms with Crippen molar-refractivity contribution in [3.8, 4) is 0 Å². The zero-order chi connectivity index (χ0) is 14.9. The second kappa shape index (κ2) is 5.80. The molecule has 2 unspecified atom stereocenters. The van der Waals surface area contributed by atoms with Crippen molar-refractivity contribution in [2.45, 2.75) is 24.3 Å². The first-order valence-corrected chi connectivity index (χ1v) is 8.54. The minimum atomic E-state index is -3.79. The number of hydrogen-bond acceptors (Lipinski definition) is 6. The van der Waals surface area contributed by atoms with Crippen LogP contribution in [0.3, 0.4) is 0 Å². The van der Waals surface area contributed by atoms with Crippen LogP contribution >= 0.6 is 11.3 Å². The molecule has 6 nitrogen and oxygen atoms in total. The molecule has 2 atom stereocenters. The summed E-state index contributed by atoms with van der Waals surface area (Å²) in [6.07, 6.45) is 0.697. The zero-order valence-corrected chi connectivity index (χ0v) is 12.9. The number of aliphatic hydroxyl groups is 1. The molecule has 0 aromatic carbocycles. The van der Waals surface area contributed by atoms with Crippen LogP contribution in [0.1, 0.15) is 23.0 Å². The molecular formula is C12H17NO5S2. The zero-order valence-electron chi connectivity index (χ0n) is 11.3. The summed E-state index contributed by atoms with van der Waals surface area (Å²) < 4.78 is 31.2. The standard InChI is InChI=1S/C12H17NO5S2/c1-8-3-5-13(9(8)7-14)20(16,17)10-4-6-19-11(10)12(15)18-2/h4,6,8-9,14H,3,5,7H2,1-2H3. The van der Waals surface area contributed by atoms with E-state index in [0.717, 1.165) is 11.3 Å². The van der Waals surface area contributed by atoms with Crippen molar-refractivity contribution in [1.29, 1.82) is 0 Å². The monoisotopic (exact) mass is 319 g/mol. The van der Waals surface area contributed by atoms with Crippen molar-refractivity contribution >= 4 is 27.3 Å². The number of hydrogen-bond donors (Lipinski definition) is 1. The first-order chi connectivity index (χ1) is 9.43. The van der Waals surface area contributed by atoms with Gasteiger partial charge in [-0.3, -0.25) is 0 Å². The van der Waals surface area contributed by atoms with E-state index in [0.29, 0.717) is 13.0 Å². The predicted octanol–water partition coefficient (Wildman–Crippen LogP) is 0.926. The minimum Gasteiger partial charge on any atom is -0.465 e. The van der Waals surface area contributed by atoms with Gasteiger partial charge in [0, 0.05) is 6.54 Å². The van der Waals surface area contributed by atoms with Crippen LogP contribution in [-0.2, 0) is 14.8 Å². The molecule has 0 amide bonds. The van der Waals surface area contributed by atoms with Crippen LogP contribution < -0.4 is 0 Å². The van der Waals surface area contributed by atoms with Gasteiger partial charge in [0.1, 0.15) is 9.77 Å². The molecular weight excluding hydrogens is 302 g/mol. The normalized spacial score (nSPS) is 23.9. The molecule has 2 heterocycles. The molecule has 1 aromatic heterocycles. The number of methoxy groups -OCH3 is 1. The van der Waals surface area contributed by atoms with Crippen molar-refractivity contribution in [2.24, 2.45) is 5.92 Å². The Labute approximate surface area is 122 Å². The average Bonchev–Trinajstić information content (AvgIpc) is 3.04. The maximum absolute atomic E-state index is 12.7. The Kier molecular flexibility index (Phi) is 4.48. The van der Waals surface area contributed by atoms with E-state index in [2.05, 4.69) is 4.74 Å². The molecule has 1 N–H and O–H groups in total. The lowest BCUT2D eigenvalue weighted by Gasteiger charge is -2.24. The summed E-state index contributed by atoms with van der Waals surface area (Å²) in [5.41, 5.74) is 0. The van der Waals surface area contributed by atoms with E-state index in [-0.39, 0.29) is 22.3 Å². The van der Waals surface area contributed by atoms with E-state index in [1.54, 1.807) is 5.38 Å². The molecule has 1 saturated heterocycles. The number of ether oxygens (including phenoxy) is 1. The number of thiophene rings is 1. The van der Waals surface area contributed by atoms with Gasteiger partial charge >= 0.3 is 5.97 Å². The first-order valence-electron chi connectivity index (χ1n) is 6.22.